The molecule has 2 aromatic carbocycles. The second kappa shape index (κ2) is 5.71. The molecule has 4 rings (SSSR count). The van der Waals surface area contributed by atoms with Crippen molar-refractivity contribution in [3.05, 3.63) is 58.5 Å². The van der Waals surface area contributed by atoms with E-state index < -0.39 is 5.69 Å². The number of hydrogen-bond acceptors (Lipinski definition) is 7. The predicted octanol–water partition coefficient (Wildman–Crippen LogP) is 1.81. The van der Waals surface area contributed by atoms with Crippen molar-refractivity contribution in [2.45, 2.75) is 0 Å². The number of para-hydroxylation sites is 1. The zero-order chi connectivity index (χ0) is 17.4. The first-order chi connectivity index (χ1) is 12.1. The molecule has 1 aliphatic rings. The Kier molecular flexibility index (Phi) is 3.38. The first kappa shape index (κ1) is 14.8. The number of nitrogens with zero attached hydrogens (tertiary/aromatic N) is 5. The lowest BCUT2D eigenvalue weighted by Gasteiger charge is -2.11. The van der Waals surface area contributed by atoms with Gasteiger partial charge in [0.1, 0.15) is 18.0 Å². The van der Waals surface area contributed by atoms with Gasteiger partial charge in [0.2, 0.25) is 0 Å². The van der Waals surface area contributed by atoms with Gasteiger partial charge >= 0.3 is 5.69 Å². The largest absolute Gasteiger partial charge is 0.508 e. The number of rotatable bonds is 3. The van der Waals surface area contributed by atoms with Gasteiger partial charge in [-0.2, -0.15) is 10.2 Å². The van der Waals surface area contributed by atoms with Gasteiger partial charge in [-0.25, -0.2) is 14.5 Å². The van der Waals surface area contributed by atoms with Gasteiger partial charge in [0.15, 0.2) is 5.82 Å². The number of nitrogens with one attached hydrogen (secondary N) is 1. The fourth-order valence-corrected chi connectivity index (χ4v) is 2.68. The first-order valence-electron chi connectivity index (χ1n) is 7.38. The highest BCUT2D eigenvalue weighted by Crippen LogP contribution is 2.31. The van der Waals surface area contributed by atoms with E-state index in [1.165, 1.54) is 22.8 Å². The molecule has 3 aromatic rings. The summed E-state index contributed by atoms with van der Waals surface area (Å²) >= 11 is 0. The Hall–Kier alpha value is -3.75. The second-order valence-corrected chi connectivity index (χ2v) is 5.34. The second-order valence-electron chi connectivity index (χ2n) is 5.34. The van der Waals surface area contributed by atoms with E-state index in [-0.39, 0.29) is 17.3 Å². The van der Waals surface area contributed by atoms with Crippen molar-refractivity contribution in [3.8, 4) is 28.6 Å². The number of phenols is 2. The standard InChI is InChI=1S/C16H12N6O3/c23-9-5-6-11(14(24)7-9)15-19-20-16(25)22(15)13-4-2-1-3-10(13)12-8-17-21-18-12/h1-7,23-24H,8H2,(H,20,25). The van der Waals surface area contributed by atoms with Gasteiger partial charge in [0.05, 0.1) is 17.0 Å². The molecule has 0 bridgehead atoms. The Morgan fingerprint density at radius 2 is 1.92 bits per heavy atom. The SMILES string of the molecule is O=c1[nH]nc(-c2ccc(O)cc2O)n1-c1ccccc1C1=NN=NC1. The quantitative estimate of drug-likeness (QED) is 0.673. The van der Waals surface area contributed by atoms with E-state index in [9.17, 15) is 15.0 Å². The minimum Gasteiger partial charge on any atom is -0.508 e. The molecule has 3 N–H and O–H groups in total. The van der Waals surface area contributed by atoms with Crippen LogP contribution >= 0.6 is 0 Å². The van der Waals surface area contributed by atoms with Crippen molar-refractivity contribution in [3.63, 3.8) is 0 Å². The highest BCUT2D eigenvalue weighted by Gasteiger charge is 2.20. The molecule has 9 nitrogen and oxygen atoms in total. The van der Waals surface area contributed by atoms with Crippen molar-refractivity contribution >= 4 is 5.71 Å². The van der Waals surface area contributed by atoms with Crippen molar-refractivity contribution < 1.29 is 10.2 Å². The minimum atomic E-state index is -0.470. The molecule has 0 saturated carbocycles. The van der Waals surface area contributed by atoms with Crippen LogP contribution in [0.25, 0.3) is 17.1 Å². The maximum Gasteiger partial charge on any atom is 0.348 e. The third-order valence-corrected chi connectivity index (χ3v) is 3.80. The smallest absolute Gasteiger partial charge is 0.348 e. The van der Waals surface area contributed by atoms with Gasteiger partial charge < -0.3 is 10.2 Å². The van der Waals surface area contributed by atoms with Crippen molar-refractivity contribution in [1.29, 1.82) is 0 Å². The van der Waals surface area contributed by atoms with Crippen LogP contribution in [0.1, 0.15) is 5.56 Å². The van der Waals surface area contributed by atoms with Crippen LogP contribution in [-0.4, -0.2) is 37.2 Å². The molecule has 0 fully saturated rings. The summed E-state index contributed by atoms with van der Waals surface area (Å²) in [7, 11) is 0. The molecule has 0 unspecified atom stereocenters. The number of H-pyrrole nitrogens is 1. The molecule has 0 saturated heterocycles. The molecule has 0 radical (unpaired) electrons. The topological polar surface area (TPSA) is 128 Å². The average Bonchev–Trinajstić information content (AvgIpc) is 3.25. The summed E-state index contributed by atoms with van der Waals surface area (Å²) in [4.78, 5) is 12.4. The lowest BCUT2D eigenvalue weighted by Crippen LogP contribution is -2.19. The molecule has 1 aromatic heterocycles. The molecular weight excluding hydrogens is 324 g/mol. The fraction of sp³-hybridized carbons (Fsp3) is 0.0625. The lowest BCUT2D eigenvalue weighted by molar-refractivity contribution is 0.451. The monoisotopic (exact) mass is 336 g/mol. The van der Waals surface area contributed by atoms with Crippen molar-refractivity contribution in [1.82, 2.24) is 14.8 Å². The maximum atomic E-state index is 12.4. The van der Waals surface area contributed by atoms with Crippen LogP contribution in [0.15, 0.2) is 62.7 Å². The van der Waals surface area contributed by atoms with Crippen LogP contribution in [-0.2, 0) is 0 Å². The van der Waals surface area contributed by atoms with E-state index in [1.54, 1.807) is 12.1 Å². The number of phenolic OH excluding ortho intramolecular Hbond substituents is 2. The summed E-state index contributed by atoms with van der Waals surface area (Å²) in [5, 5.41) is 37.4. The zero-order valence-corrected chi connectivity index (χ0v) is 12.8. The number of aromatic nitrogens is 3. The summed E-state index contributed by atoms with van der Waals surface area (Å²) in [5.74, 6) is -0.0713. The number of hydrogen-bond donors (Lipinski definition) is 3. The van der Waals surface area contributed by atoms with Crippen LogP contribution in [0.5, 0.6) is 11.5 Å². The van der Waals surface area contributed by atoms with E-state index in [2.05, 4.69) is 25.6 Å². The van der Waals surface area contributed by atoms with E-state index >= 15 is 0 Å². The molecule has 25 heavy (non-hydrogen) atoms. The summed E-state index contributed by atoms with van der Waals surface area (Å²) in [5.41, 5.74) is 1.69. The van der Waals surface area contributed by atoms with E-state index in [1.807, 2.05) is 12.1 Å². The van der Waals surface area contributed by atoms with Gasteiger partial charge in [-0.1, -0.05) is 18.2 Å². The average molecular weight is 336 g/mol. The first-order valence-corrected chi connectivity index (χ1v) is 7.38. The van der Waals surface area contributed by atoms with Crippen molar-refractivity contribution in [2.24, 2.45) is 15.4 Å². The lowest BCUT2D eigenvalue weighted by atomic mass is 10.1. The Morgan fingerprint density at radius 1 is 1.08 bits per heavy atom. The summed E-state index contributed by atoms with van der Waals surface area (Å²) < 4.78 is 1.34. The minimum absolute atomic E-state index is 0.0883. The Bertz CT molecular complexity index is 1080. The predicted molar refractivity (Wildman–Crippen MR) is 89.2 cm³/mol. The summed E-state index contributed by atoms with van der Waals surface area (Å²) in [6.45, 7) is 0.323. The fourth-order valence-electron chi connectivity index (χ4n) is 2.68. The van der Waals surface area contributed by atoms with Gasteiger partial charge in [-0.15, -0.1) is 5.10 Å². The third-order valence-electron chi connectivity index (χ3n) is 3.80. The molecule has 2 heterocycles. The number of benzene rings is 2. The highest BCUT2D eigenvalue weighted by atomic mass is 16.3. The molecule has 0 spiro atoms. The van der Waals surface area contributed by atoms with Gasteiger partial charge in [-0.05, 0) is 23.4 Å². The van der Waals surface area contributed by atoms with Crippen LogP contribution in [0.4, 0.5) is 0 Å². The summed E-state index contributed by atoms with van der Waals surface area (Å²) in [6.07, 6.45) is 0. The summed E-state index contributed by atoms with van der Waals surface area (Å²) in [6, 6.07) is 11.2. The third kappa shape index (κ3) is 2.47. The van der Waals surface area contributed by atoms with Gasteiger partial charge in [0.25, 0.3) is 0 Å². The number of aromatic amines is 1. The van der Waals surface area contributed by atoms with E-state index in [0.29, 0.717) is 29.1 Å². The molecule has 124 valence electrons. The normalized spacial score (nSPS) is 13.2. The van der Waals surface area contributed by atoms with Gasteiger partial charge in [-0.3, -0.25) is 0 Å². The highest BCUT2D eigenvalue weighted by molar-refractivity contribution is 6.05. The zero-order valence-electron chi connectivity index (χ0n) is 12.8. The van der Waals surface area contributed by atoms with Gasteiger partial charge in [0, 0.05) is 11.6 Å². The van der Waals surface area contributed by atoms with E-state index in [4.69, 9.17) is 0 Å². The molecule has 0 amide bonds. The molecular formula is C16H12N6O3. The Morgan fingerprint density at radius 3 is 2.68 bits per heavy atom. The van der Waals surface area contributed by atoms with Crippen LogP contribution < -0.4 is 5.69 Å². The van der Waals surface area contributed by atoms with Crippen LogP contribution in [0.3, 0.4) is 0 Å². The molecule has 1 aliphatic heterocycles. The molecule has 0 aliphatic carbocycles. The van der Waals surface area contributed by atoms with Crippen molar-refractivity contribution in [2.75, 3.05) is 6.54 Å². The molecule has 0 atom stereocenters. The maximum absolute atomic E-state index is 12.4. The van der Waals surface area contributed by atoms with E-state index in [0.717, 1.165) is 0 Å². The number of aromatic hydroxyl groups is 2. The van der Waals surface area contributed by atoms with Crippen LogP contribution in [0, 0.1) is 0 Å². The van der Waals surface area contributed by atoms with Crippen LogP contribution in [0.2, 0.25) is 0 Å². The Labute approximate surface area is 140 Å². The molecule has 9 heteroatoms. The Balaban J connectivity index is 1.94.